The lowest BCUT2D eigenvalue weighted by Gasteiger charge is -2.10. The highest BCUT2D eigenvalue weighted by Gasteiger charge is 2.19. The molecule has 2 N–H and O–H groups in total. The standard InChI is InChI=1S/C19H18ClN3O3S/c1-25-8-7-21-18-17(11-3-6-15(26-2)14(24)9-11)22-19-23(18)13-5-4-12(20)10-16(13)27-19/h3-6,9-10,21,24H,7-8H2,1-2H3. The smallest absolute Gasteiger partial charge is 0.197 e. The lowest BCUT2D eigenvalue weighted by atomic mass is 10.1. The van der Waals surface area contributed by atoms with Crippen LogP contribution in [0.15, 0.2) is 36.4 Å². The van der Waals surface area contributed by atoms with E-state index in [9.17, 15) is 5.11 Å². The van der Waals surface area contributed by atoms with Crippen LogP contribution in [-0.4, -0.2) is 41.9 Å². The average molecular weight is 404 g/mol. The minimum Gasteiger partial charge on any atom is -0.504 e. The Balaban J connectivity index is 1.91. The summed E-state index contributed by atoms with van der Waals surface area (Å²) in [4.78, 5) is 5.65. The van der Waals surface area contributed by atoms with Crippen LogP contribution >= 0.6 is 22.9 Å². The molecule has 0 spiro atoms. The zero-order valence-electron chi connectivity index (χ0n) is 14.8. The maximum absolute atomic E-state index is 10.2. The van der Waals surface area contributed by atoms with Crippen molar-refractivity contribution in [1.82, 2.24) is 9.38 Å². The van der Waals surface area contributed by atoms with E-state index >= 15 is 0 Å². The molecule has 8 heteroatoms. The van der Waals surface area contributed by atoms with Gasteiger partial charge in [-0.05, 0) is 36.4 Å². The molecule has 0 saturated heterocycles. The van der Waals surface area contributed by atoms with Crippen LogP contribution in [0.4, 0.5) is 5.82 Å². The zero-order chi connectivity index (χ0) is 19.0. The van der Waals surface area contributed by atoms with E-state index in [1.807, 2.05) is 24.3 Å². The molecule has 0 aliphatic rings. The lowest BCUT2D eigenvalue weighted by molar-refractivity contribution is 0.210. The summed E-state index contributed by atoms with van der Waals surface area (Å²) in [6, 6.07) is 11.1. The molecule has 0 saturated carbocycles. The molecule has 0 radical (unpaired) electrons. The number of hydrogen-bond acceptors (Lipinski definition) is 6. The van der Waals surface area contributed by atoms with Crippen molar-refractivity contribution in [2.24, 2.45) is 0 Å². The maximum atomic E-state index is 10.2. The lowest BCUT2D eigenvalue weighted by Crippen LogP contribution is -2.10. The van der Waals surface area contributed by atoms with Gasteiger partial charge in [0.2, 0.25) is 0 Å². The molecule has 0 fully saturated rings. The van der Waals surface area contributed by atoms with Crippen molar-refractivity contribution >= 4 is 43.9 Å². The van der Waals surface area contributed by atoms with E-state index in [2.05, 4.69) is 9.72 Å². The summed E-state index contributed by atoms with van der Waals surface area (Å²) >= 11 is 7.70. The molecule has 4 aromatic rings. The molecule has 27 heavy (non-hydrogen) atoms. The van der Waals surface area contributed by atoms with E-state index in [4.69, 9.17) is 26.1 Å². The number of imidazole rings is 1. The maximum Gasteiger partial charge on any atom is 0.197 e. The molecule has 140 valence electrons. The third kappa shape index (κ3) is 3.18. The molecule has 6 nitrogen and oxygen atoms in total. The van der Waals surface area contributed by atoms with Gasteiger partial charge in [-0.25, -0.2) is 4.98 Å². The molecule has 0 amide bonds. The predicted molar refractivity (Wildman–Crippen MR) is 110 cm³/mol. The predicted octanol–water partition coefficient (Wildman–Crippen LogP) is 4.64. The summed E-state index contributed by atoms with van der Waals surface area (Å²) in [5, 5.41) is 14.3. The number of halogens is 1. The summed E-state index contributed by atoms with van der Waals surface area (Å²) in [6.07, 6.45) is 0. The topological polar surface area (TPSA) is 68.0 Å². The van der Waals surface area contributed by atoms with Gasteiger partial charge in [-0.3, -0.25) is 4.40 Å². The van der Waals surface area contributed by atoms with Crippen molar-refractivity contribution in [3.8, 4) is 22.8 Å². The van der Waals surface area contributed by atoms with E-state index in [0.717, 1.165) is 32.3 Å². The number of nitrogens with zero attached hydrogens (tertiary/aromatic N) is 2. The summed E-state index contributed by atoms with van der Waals surface area (Å²) in [6.45, 7) is 1.19. The minimum absolute atomic E-state index is 0.0748. The molecular weight excluding hydrogens is 386 g/mol. The highest BCUT2D eigenvalue weighted by Crippen LogP contribution is 2.39. The first-order valence-corrected chi connectivity index (χ1v) is 9.52. The molecule has 4 rings (SSSR count). The summed E-state index contributed by atoms with van der Waals surface area (Å²) in [5.74, 6) is 1.35. The molecular formula is C19H18ClN3O3S. The van der Waals surface area contributed by atoms with Gasteiger partial charge >= 0.3 is 0 Å². The van der Waals surface area contributed by atoms with Gasteiger partial charge in [-0.15, -0.1) is 0 Å². The number of thiazole rings is 1. The molecule has 0 aliphatic heterocycles. The van der Waals surface area contributed by atoms with Gasteiger partial charge in [-0.2, -0.15) is 0 Å². The Morgan fingerprint density at radius 1 is 1.22 bits per heavy atom. The second-order valence-electron chi connectivity index (χ2n) is 5.95. The summed E-state index contributed by atoms with van der Waals surface area (Å²) in [7, 11) is 3.19. The zero-order valence-corrected chi connectivity index (χ0v) is 16.4. The van der Waals surface area contributed by atoms with Gasteiger partial charge in [0.25, 0.3) is 0 Å². The second kappa shape index (κ2) is 7.26. The second-order valence-corrected chi connectivity index (χ2v) is 7.39. The number of rotatable bonds is 6. The normalized spacial score (nSPS) is 11.4. The van der Waals surface area contributed by atoms with Crippen LogP contribution in [0.2, 0.25) is 5.02 Å². The van der Waals surface area contributed by atoms with Crippen LogP contribution in [-0.2, 0) is 4.74 Å². The van der Waals surface area contributed by atoms with E-state index in [-0.39, 0.29) is 5.75 Å². The van der Waals surface area contributed by atoms with E-state index in [1.165, 1.54) is 7.11 Å². The molecule has 2 heterocycles. The number of ether oxygens (including phenoxy) is 2. The molecule has 2 aromatic heterocycles. The third-order valence-electron chi connectivity index (χ3n) is 4.26. The first-order valence-electron chi connectivity index (χ1n) is 8.33. The van der Waals surface area contributed by atoms with Crippen LogP contribution in [0.3, 0.4) is 0 Å². The van der Waals surface area contributed by atoms with Crippen molar-refractivity contribution in [2.45, 2.75) is 0 Å². The highest BCUT2D eigenvalue weighted by molar-refractivity contribution is 7.23. The van der Waals surface area contributed by atoms with Crippen molar-refractivity contribution < 1.29 is 14.6 Å². The van der Waals surface area contributed by atoms with Gasteiger partial charge < -0.3 is 19.9 Å². The molecule has 0 atom stereocenters. The van der Waals surface area contributed by atoms with E-state index in [1.54, 1.807) is 30.6 Å². The number of aromatic hydroxyl groups is 1. The van der Waals surface area contributed by atoms with E-state index in [0.29, 0.717) is 23.9 Å². The number of aromatic nitrogens is 2. The summed E-state index contributed by atoms with van der Waals surface area (Å²) < 4.78 is 13.4. The first-order chi connectivity index (χ1) is 13.1. The molecule has 0 unspecified atom stereocenters. The highest BCUT2D eigenvalue weighted by atomic mass is 35.5. The Morgan fingerprint density at radius 3 is 2.81 bits per heavy atom. The fraction of sp³-hybridized carbons (Fsp3) is 0.211. The van der Waals surface area contributed by atoms with Crippen LogP contribution < -0.4 is 10.1 Å². The fourth-order valence-electron chi connectivity index (χ4n) is 3.02. The number of hydrogen-bond donors (Lipinski definition) is 2. The number of phenolic OH excluding ortho intramolecular Hbond substituents is 1. The number of anilines is 1. The van der Waals surface area contributed by atoms with Crippen LogP contribution in [0.1, 0.15) is 0 Å². The first kappa shape index (κ1) is 17.9. The van der Waals surface area contributed by atoms with Crippen molar-refractivity contribution in [1.29, 1.82) is 0 Å². The Labute approximate surface area is 164 Å². The summed E-state index contributed by atoms with van der Waals surface area (Å²) in [5.41, 5.74) is 2.58. The van der Waals surface area contributed by atoms with Crippen molar-refractivity contribution in [3.63, 3.8) is 0 Å². The monoisotopic (exact) mass is 403 g/mol. The van der Waals surface area contributed by atoms with Crippen molar-refractivity contribution in [2.75, 3.05) is 32.7 Å². The van der Waals surface area contributed by atoms with Gasteiger partial charge in [-0.1, -0.05) is 22.9 Å². The SMILES string of the molecule is COCCNc1c(-c2ccc(OC)c(O)c2)nc2sc3cc(Cl)ccc3n12. The van der Waals surface area contributed by atoms with Crippen LogP contribution in [0.5, 0.6) is 11.5 Å². The van der Waals surface area contributed by atoms with Gasteiger partial charge in [0.1, 0.15) is 11.5 Å². The number of nitrogens with one attached hydrogen (secondary N) is 1. The quantitative estimate of drug-likeness (QED) is 0.459. The minimum atomic E-state index is 0.0748. The van der Waals surface area contributed by atoms with Crippen molar-refractivity contribution in [3.05, 3.63) is 41.4 Å². The Morgan fingerprint density at radius 2 is 2.07 bits per heavy atom. The molecule has 2 aromatic carbocycles. The Hall–Kier alpha value is -2.48. The number of fused-ring (bicyclic) bond motifs is 3. The number of methoxy groups -OCH3 is 2. The van der Waals surface area contributed by atoms with Gasteiger partial charge in [0, 0.05) is 24.2 Å². The Bertz CT molecular complexity index is 1120. The van der Waals surface area contributed by atoms with Crippen LogP contribution in [0.25, 0.3) is 26.4 Å². The Kier molecular flexibility index (Phi) is 4.82. The largest absolute Gasteiger partial charge is 0.504 e. The van der Waals surface area contributed by atoms with Gasteiger partial charge in [0.15, 0.2) is 16.5 Å². The van der Waals surface area contributed by atoms with Crippen LogP contribution in [0, 0.1) is 0 Å². The molecule has 0 bridgehead atoms. The molecule has 0 aliphatic carbocycles. The number of benzene rings is 2. The van der Waals surface area contributed by atoms with E-state index < -0.39 is 0 Å². The van der Waals surface area contributed by atoms with Gasteiger partial charge in [0.05, 0.1) is 23.9 Å². The fourth-order valence-corrected chi connectivity index (χ4v) is 4.32. The third-order valence-corrected chi connectivity index (χ3v) is 5.50. The number of phenols is 1. The average Bonchev–Trinajstić information content (AvgIpc) is 3.17.